The van der Waals surface area contributed by atoms with Crippen LogP contribution in [0.2, 0.25) is 0 Å². The van der Waals surface area contributed by atoms with Crippen LogP contribution >= 0.6 is 35.3 Å². The lowest BCUT2D eigenvalue weighted by Gasteiger charge is -2.10. The number of aromatic nitrogens is 3. The number of nitrogens with one attached hydrogen (secondary N) is 2. The van der Waals surface area contributed by atoms with Crippen LogP contribution in [0.5, 0.6) is 0 Å². The molecule has 2 rings (SSSR count). The molecule has 0 saturated heterocycles. The maximum absolute atomic E-state index is 4.57. The summed E-state index contributed by atoms with van der Waals surface area (Å²) < 4.78 is 1.84. The first-order valence-electron chi connectivity index (χ1n) is 7.09. The van der Waals surface area contributed by atoms with Gasteiger partial charge in [-0.15, -0.1) is 35.3 Å². The van der Waals surface area contributed by atoms with Crippen LogP contribution in [-0.4, -0.2) is 33.8 Å². The monoisotopic (exact) mass is 434 g/mol. The number of thiazole rings is 1. The third-order valence-electron chi connectivity index (χ3n) is 2.97. The number of hydrogen-bond donors (Lipinski definition) is 2. The first kappa shape index (κ1) is 18.9. The van der Waals surface area contributed by atoms with Crippen molar-refractivity contribution in [1.29, 1.82) is 0 Å². The molecule has 2 N–H and O–H groups in total. The van der Waals surface area contributed by atoms with E-state index >= 15 is 0 Å². The molecule has 0 bridgehead atoms. The molecule has 122 valence electrons. The van der Waals surface area contributed by atoms with Crippen molar-refractivity contribution >= 4 is 41.3 Å². The van der Waals surface area contributed by atoms with Crippen molar-refractivity contribution in [3.05, 3.63) is 34.0 Å². The van der Waals surface area contributed by atoms with Crippen molar-refractivity contribution in [3.63, 3.8) is 0 Å². The Morgan fingerprint density at radius 3 is 2.82 bits per heavy atom. The zero-order chi connectivity index (χ0) is 15.1. The fourth-order valence-corrected chi connectivity index (χ4v) is 2.65. The van der Waals surface area contributed by atoms with Crippen molar-refractivity contribution in [2.24, 2.45) is 12.0 Å². The Hall–Kier alpha value is -1.16. The lowest BCUT2D eigenvalue weighted by molar-refractivity contribution is 0.707. The van der Waals surface area contributed by atoms with E-state index in [2.05, 4.69) is 39.6 Å². The zero-order valence-electron chi connectivity index (χ0n) is 13.2. The van der Waals surface area contributed by atoms with Gasteiger partial charge in [0.1, 0.15) is 0 Å². The summed E-state index contributed by atoms with van der Waals surface area (Å²) in [6, 6.07) is 1.98. The van der Waals surface area contributed by atoms with Gasteiger partial charge >= 0.3 is 0 Å². The number of guanidine groups is 1. The molecule has 0 aliphatic heterocycles. The molecule has 6 nitrogen and oxygen atoms in total. The molecule has 0 saturated carbocycles. The number of nitrogens with zero attached hydrogens (tertiary/aromatic N) is 4. The largest absolute Gasteiger partial charge is 0.357 e. The van der Waals surface area contributed by atoms with Crippen molar-refractivity contribution < 1.29 is 0 Å². The first-order chi connectivity index (χ1) is 10.2. The van der Waals surface area contributed by atoms with Gasteiger partial charge in [0.15, 0.2) is 5.96 Å². The minimum Gasteiger partial charge on any atom is -0.357 e. The maximum Gasteiger partial charge on any atom is 0.191 e. The maximum atomic E-state index is 4.57. The highest BCUT2D eigenvalue weighted by atomic mass is 127. The second kappa shape index (κ2) is 9.78. The predicted molar refractivity (Wildman–Crippen MR) is 102 cm³/mol. The number of halogens is 1. The molecule has 2 aromatic rings. The van der Waals surface area contributed by atoms with E-state index in [1.165, 1.54) is 4.88 Å². The Kier molecular flexibility index (Phi) is 8.39. The third kappa shape index (κ3) is 5.91. The van der Waals surface area contributed by atoms with Crippen LogP contribution in [0.1, 0.15) is 22.5 Å². The van der Waals surface area contributed by atoms with Gasteiger partial charge in [-0.2, -0.15) is 5.10 Å². The Balaban J connectivity index is 0.00000242. The molecular formula is C14H23IN6S. The molecule has 0 amide bonds. The van der Waals surface area contributed by atoms with E-state index in [0.29, 0.717) is 6.54 Å². The van der Waals surface area contributed by atoms with Gasteiger partial charge in [0.2, 0.25) is 0 Å². The summed E-state index contributed by atoms with van der Waals surface area (Å²) in [7, 11) is 1.93. The predicted octanol–water partition coefficient (Wildman–Crippen LogP) is 2.10. The first-order valence-corrected chi connectivity index (χ1v) is 7.91. The number of aliphatic imine (C=N–C) groups is 1. The topological polar surface area (TPSA) is 67.1 Å². The highest BCUT2D eigenvalue weighted by Crippen LogP contribution is 2.10. The van der Waals surface area contributed by atoms with Crippen molar-refractivity contribution in [1.82, 2.24) is 25.4 Å². The van der Waals surface area contributed by atoms with Crippen molar-refractivity contribution in [3.8, 4) is 0 Å². The van der Waals surface area contributed by atoms with E-state index in [1.807, 2.05) is 24.0 Å². The van der Waals surface area contributed by atoms with Crippen LogP contribution in [0.25, 0.3) is 0 Å². The van der Waals surface area contributed by atoms with Crippen LogP contribution in [0, 0.1) is 6.92 Å². The average Bonchev–Trinajstić information content (AvgIpc) is 3.05. The Morgan fingerprint density at radius 2 is 2.23 bits per heavy atom. The lowest BCUT2D eigenvalue weighted by Crippen LogP contribution is -2.38. The Morgan fingerprint density at radius 1 is 1.41 bits per heavy atom. The number of hydrogen-bond acceptors (Lipinski definition) is 4. The van der Waals surface area contributed by atoms with Gasteiger partial charge in [-0.1, -0.05) is 0 Å². The van der Waals surface area contributed by atoms with Crippen LogP contribution in [-0.2, 0) is 20.0 Å². The number of aryl methyl sites for hydroxylation is 2. The SMILES string of the molecule is CCNC(=NCc1ccnn1C)NCCc1ncc(C)s1.I. The normalized spacial score (nSPS) is 11.1. The molecular weight excluding hydrogens is 411 g/mol. The quantitative estimate of drug-likeness (QED) is 0.415. The van der Waals surface area contributed by atoms with Gasteiger partial charge < -0.3 is 10.6 Å². The minimum absolute atomic E-state index is 0. The van der Waals surface area contributed by atoms with E-state index in [1.54, 1.807) is 17.5 Å². The fraction of sp³-hybridized carbons (Fsp3) is 0.500. The van der Waals surface area contributed by atoms with E-state index in [4.69, 9.17) is 0 Å². The van der Waals surface area contributed by atoms with Gasteiger partial charge in [0, 0.05) is 43.8 Å². The van der Waals surface area contributed by atoms with E-state index in [0.717, 1.165) is 36.2 Å². The molecule has 2 heterocycles. The molecule has 0 atom stereocenters. The second-order valence-corrected chi connectivity index (χ2v) is 6.00. The summed E-state index contributed by atoms with van der Waals surface area (Å²) in [5.74, 6) is 0.826. The van der Waals surface area contributed by atoms with Gasteiger partial charge in [0.05, 0.1) is 17.2 Å². The molecule has 0 aliphatic carbocycles. The minimum atomic E-state index is 0. The highest BCUT2D eigenvalue weighted by Gasteiger charge is 2.02. The number of rotatable bonds is 6. The smallest absolute Gasteiger partial charge is 0.191 e. The third-order valence-corrected chi connectivity index (χ3v) is 3.94. The van der Waals surface area contributed by atoms with Crippen molar-refractivity contribution in [2.75, 3.05) is 13.1 Å². The molecule has 0 radical (unpaired) electrons. The summed E-state index contributed by atoms with van der Waals surface area (Å²) in [5, 5.41) is 11.9. The summed E-state index contributed by atoms with van der Waals surface area (Å²) in [6.45, 7) is 6.42. The molecule has 0 spiro atoms. The van der Waals surface area contributed by atoms with E-state index < -0.39 is 0 Å². The Labute approximate surface area is 152 Å². The molecule has 0 fully saturated rings. The van der Waals surface area contributed by atoms with Gasteiger partial charge in [0.25, 0.3) is 0 Å². The van der Waals surface area contributed by atoms with Crippen LogP contribution < -0.4 is 10.6 Å². The summed E-state index contributed by atoms with van der Waals surface area (Å²) in [5.41, 5.74) is 1.09. The van der Waals surface area contributed by atoms with Crippen molar-refractivity contribution in [2.45, 2.75) is 26.8 Å². The molecule has 0 unspecified atom stereocenters. The summed E-state index contributed by atoms with van der Waals surface area (Å²) >= 11 is 1.74. The van der Waals surface area contributed by atoms with Crippen LogP contribution in [0.15, 0.2) is 23.5 Å². The van der Waals surface area contributed by atoms with E-state index in [9.17, 15) is 0 Å². The second-order valence-electron chi connectivity index (χ2n) is 4.68. The average molecular weight is 434 g/mol. The molecule has 0 aliphatic rings. The van der Waals surface area contributed by atoms with Crippen LogP contribution in [0.4, 0.5) is 0 Å². The van der Waals surface area contributed by atoms with Gasteiger partial charge in [-0.3, -0.25) is 4.68 Å². The fourth-order valence-electron chi connectivity index (χ4n) is 1.86. The van der Waals surface area contributed by atoms with E-state index in [-0.39, 0.29) is 24.0 Å². The Bertz CT molecular complexity index is 592. The molecule has 8 heteroatoms. The van der Waals surface area contributed by atoms with Gasteiger partial charge in [-0.05, 0) is 19.9 Å². The molecule has 2 aromatic heterocycles. The standard InChI is InChI=1S/C14H22N6S.HI/c1-4-15-14(18-10-12-5-8-19-20(12)3)16-7-6-13-17-9-11(2)21-13;/h5,8-9H,4,6-7,10H2,1-3H3,(H2,15,16,18);1H. The van der Waals surface area contributed by atoms with Crippen LogP contribution in [0.3, 0.4) is 0 Å². The van der Waals surface area contributed by atoms with Gasteiger partial charge in [-0.25, -0.2) is 9.98 Å². The highest BCUT2D eigenvalue weighted by molar-refractivity contribution is 14.0. The molecule has 22 heavy (non-hydrogen) atoms. The lowest BCUT2D eigenvalue weighted by atomic mass is 10.4. The zero-order valence-corrected chi connectivity index (χ0v) is 16.3. The summed E-state index contributed by atoms with van der Waals surface area (Å²) in [6.07, 6.45) is 4.62. The molecule has 0 aromatic carbocycles. The summed E-state index contributed by atoms with van der Waals surface area (Å²) in [4.78, 5) is 10.2.